The minimum atomic E-state index is -1.05. The average molecular weight is 215 g/mol. The molecule has 0 aromatic heterocycles. The summed E-state index contributed by atoms with van der Waals surface area (Å²) in [6, 6.07) is 0. The Morgan fingerprint density at radius 2 is 2.36 bits per heavy atom. The SMILES string of the molecule is CC1(C)C=NC(C(CO)C(=O)O)=CS1. The van der Waals surface area contributed by atoms with Crippen LogP contribution in [0.2, 0.25) is 0 Å². The summed E-state index contributed by atoms with van der Waals surface area (Å²) in [7, 11) is 0. The van der Waals surface area contributed by atoms with E-state index in [0.29, 0.717) is 5.70 Å². The van der Waals surface area contributed by atoms with E-state index in [1.54, 1.807) is 11.6 Å². The molecule has 78 valence electrons. The number of carbonyl (C=O) groups is 1. The molecule has 0 bridgehead atoms. The molecule has 4 nitrogen and oxygen atoms in total. The summed E-state index contributed by atoms with van der Waals surface area (Å²) in [4.78, 5) is 14.8. The second-order valence-corrected chi connectivity index (χ2v) is 5.12. The predicted molar refractivity (Wildman–Crippen MR) is 56.5 cm³/mol. The molecule has 14 heavy (non-hydrogen) atoms. The number of hydrogen-bond acceptors (Lipinski definition) is 4. The summed E-state index contributed by atoms with van der Waals surface area (Å²) in [5, 5.41) is 19.3. The van der Waals surface area contributed by atoms with Crippen molar-refractivity contribution in [2.75, 3.05) is 6.61 Å². The minimum Gasteiger partial charge on any atom is -0.481 e. The fourth-order valence-corrected chi connectivity index (χ4v) is 1.74. The molecule has 1 unspecified atom stereocenters. The molecular weight excluding hydrogens is 202 g/mol. The number of rotatable bonds is 3. The fourth-order valence-electron chi connectivity index (χ4n) is 0.973. The molecular formula is C9H13NO3S. The van der Waals surface area contributed by atoms with E-state index in [2.05, 4.69) is 4.99 Å². The highest BCUT2D eigenvalue weighted by Crippen LogP contribution is 2.31. The number of aliphatic hydroxyl groups excluding tert-OH is 1. The van der Waals surface area contributed by atoms with Gasteiger partial charge in [0.25, 0.3) is 0 Å². The van der Waals surface area contributed by atoms with Crippen molar-refractivity contribution >= 4 is 23.9 Å². The molecule has 0 saturated heterocycles. The highest BCUT2D eigenvalue weighted by molar-refractivity contribution is 8.04. The number of carboxylic acid groups (broad SMARTS) is 1. The van der Waals surface area contributed by atoms with E-state index >= 15 is 0 Å². The molecule has 0 spiro atoms. The lowest BCUT2D eigenvalue weighted by molar-refractivity contribution is -0.141. The zero-order valence-corrected chi connectivity index (χ0v) is 8.91. The Bertz CT molecular complexity index is 296. The Morgan fingerprint density at radius 1 is 1.71 bits per heavy atom. The smallest absolute Gasteiger partial charge is 0.314 e. The molecule has 0 aromatic carbocycles. The van der Waals surface area contributed by atoms with E-state index in [4.69, 9.17) is 10.2 Å². The van der Waals surface area contributed by atoms with E-state index in [9.17, 15) is 4.79 Å². The maximum atomic E-state index is 10.7. The fraction of sp³-hybridized carbons (Fsp3) is 0.556. The second kappa shape index (κ2) is 4.14. The van der Waals surface area contributed by atoms with Crippen LogP contribution in [0.3, 0.4) is 0 Å². The maximum Gasteiger partial charge on any atom is 0.314 e. The first-order valence-corrected chi connectivity index (χ1v) is 5.11. The summed E-state index contributed by atoms with van der Waals surface area (Å²) in [6.45, 7) is 3.56. The van der Waals surface area contributed by atoms with Crippen LogP contribution in [0.25, 0.3) is 0 Å². The first-order valence-electron chi connectivity index (χ1n) is 4.23. The van der Waals surface area contributed by atoms with Crippen LogP contribution in [-0.2, 0) is 4.79 Å². The van der Waals surface area contributed by atoms with Crippen LogP contribution in [0.15, 0.2) is 16.1 Å². The third-order valence-electron chi connectivity index (χ3n) is 1.85. The summed E-state index contributed by atoms with van der Waals surface area (Å²) < 4.78 is -0.0952. The van der Waals surface area contributed by atoms with Crippen LogP contribution in [0.4, 0.5) is 0 Å². The van der Waals surface area contributed by atoms with E-state index in [1.165, 1.54) is 11.8 Å². The van der Waals surface area contributed by atoms with Crippen LogP contribution in [0.5, 0.6) is 0 Å². The number of aliphatic carboxylic acids is 1. The number of carboxylic acids is 1. The number of nitrogens with zero attached hydrogens (tertiary/aromatic N) is 1. The molecule has 0 aromatic rings. The monoisotopic (exact) mass is 215 g/mol. The van der Waals surface area contributed by atoms with Crippen LogP contribution in [-0.4, -0.2) is 33.8 Å². The van der Waals surface area contributed by atoms with Gasteiger partial charge in [-0.05, 0) is 19.3 Å². The van der Waals surface area contributed by atoms with E-state index in [0.717, 1.165) is 0 Å². The zero-order chi connectivity index (χ0) is 10.8. The molecule has 1 atom stereocenters. The third-order valence-corrected chi connectivity index (χ3v) is 2.92. The zero-order valence-electron chi connectivity index (χ0n) is 8.10. The third kappa shape index (κ3) is 2.59. The number of hydrogen-bond donors (Lipinski definition) is 2. The van der Waals surface area contributed by atoms with Crippen molar-refractivity contribution in [2.45, 2.75) is 18.6 Å². The summed E-state index contributed by atoms with van der Waals surface area (Å²) >= 11 is 1.50. The van der Waals surface area contributed by atoms with Gasteiger partial charge < -0.3 is 10.2 Å². The summed E-state index contributed by atoms with van der Waals surface area (Å²) in [5.41, 5.74) is 0.421. The molecule has 0 saturated carbocycles. The Balaban J connectivity index is 2.78. The van der Waals surface area contributed by atoms with Gasteiger partial charge in [0.1, 0.15) is 5.92 Å². The van der Waals surface area contributed by atoms with Gasteiger partial charge in [-0.2, -0.15) is 0 Å². The largest absolute Gasteiger partial charge is 0.481 e. The Kier molecular flexibility index (Phi) is 3.34. The highest BCUT2D eigenvalue weighted by Gasteiger charge is 2.26. The quantitative estimate of drug-likeness (QED) is 0.740. The van der Waals surface area contributed by atoms with Crippen LogP contribution >= 0.6 is 11.8 Å². The molecule has 1 rings (SSSR count). The number of aliphatic hydroxyl groups is 1. The first-order chi connectivity index (χ1) is 6.46. The van der Waals surface area contributed by atoms with Crippen LogP contribution in [0.1, 0.15) is 13.8 Å². The topological polar surface area (TPSA) is 69.9 Å². The normalized spacial score (nSPS) is 21.5. The predicted octanol–water partition coefficient (Wildman–Crippen LogP) is 1.12. The molecule has 0 amide bonds. The van der Waals surface area contributed by atoms with Gasteiger partial charge in [-0.3, -0.25) is 9.79 Å². The minimum absolute atomic E-state index is 0.0952. The standard InChI is InChI=1S/C9H13NO3S/c1-9(2)5-10-7(4-14-9)6(3-11)8(12)13/h4-6,11H,3H2,1-2H3,(H,12,13). The summed E-state index contributed by atoms with van der Waals surface area (Å²) in [5.74, 6) is -1.95. The van der Waals surface area contributed by atoms with E-state index < -0.39 is 18.5 Å². The molecule has 0 aliphatic carbocycles. The van der Waals surface area contributed by atoms with Crippen molar-refractivity contribution in [3.05, 3.63) is 11.1 Å². The van der Waals surface area contributed by atoms with E-state index in [-0.39, 0.29) is 4.75 Å². The lowest BCUT2D eigenvalue weighted by Gasteiger charge is -2.22. The molecule has 1 heterocycles. The van der Waals surface area contributed by atoms with Crippen LogP contribution < -0.4 is 0 Å². The van der Waals surface area contributed by atoms with Crippen molar-refractivity contribution in [3.8, 4) is 0 Å². The molecule has 2 N–H and O–H groups in total. The van der Waals surface area contributed by atoms with Gasteiger partial charge in [-0.1, -0.05) is 0 Å². The molecule has 1 aliphatic heterocycles. The highest BCUT2D eigenvalue weighted by atomic mass is 32.2. The van der Waals surface area contributed by atoms with Crippen molar-refractivity contribution in [1.29, 1.82) is 0 Å². The summed E-state index contributed by atoms with van der Waals surface area (Å²) in [6.07, 6.45) is 1.71. The van der Waals surface area contributed by atoms with Gasteiger partial charge in [-0.15, -0.1) is 11.8 Å². The Morgan fingerprint density at radius 3 is 2.71 bits per heavy atom. The maximum absolute atomic E-state index is 10.7. The Labute approximate surface area is 86.7 Å². The molecule has 1 aliphatic rings. The average Bonchev–Trinajstić information content (AvgIpc) is 2.08. The number of thioether (sulfide) groups is 1. The van der Waals surface area contributed by atoms with Gasteiger partial charge >= 0.3 is 5.97 Å². The molecule has 5 heteroatoms. The molecule has 0 fully saturated rings. The van der Waals surface area contributed by atoms with Gasteiger partial charge in [0, 0.05) is 11.0 Å². The van der Waals surface area contributed by atoms with Gasteiger partial charge in [-0.25, -0.2) is 0 Å². The van der Waals surface area contributed by atoms with Crippen molar-refractivity contribution in [1.82, 2.24) is 0 Å². The van der Waals surface area contributed by atoms with Gasteiger partial charge in [0.15, 0.2) is 0 Å². The number of aliphatic imine (C=N–C) groups is 1. The molecule has 0 radical (unpaired) electrons. The lowest BCUT2D eigenvalue weighted by Crippen LogP contribution is -2.24. The second-order valence-electron chi connectivity index (χ2n) is 3.60. The van der Waals surface area contributed by atoms with Gasteiger partial charge in [0.05, 0.1) is 12.3 Å². The van der Waals surface area contributed by atoms with Crippen molar-refractivity contribution in [3.63, 3.8) is 0 Å². The van der Waals surface area contributed by atoms with Crippen molar-refractivity contribution < 1.29 is 15.0 Å². The van der Waals surface area contributed by atoms with Gasteiger partial charge in [0.2, 0.25) is 0 Å². The Hall–Kier alpha value is -0.810. The van der Waals surface area contributed by atoms with Crippen LogP contribution in [0, 0.1) is 5.92 Å². The first kappa shape index (κ1) is 11.3. The van der Waals surface area contributed by atoms with E-state index in [1.807, 2.05) is 13.8 Å². The lowest BCUT2D eigenvalue weighted by atomic mass is 10.1. The van der Waals surface area contributed by atoms with Crippen molar-refractivity contribution in [2.24, 2.45) is 10.9 Å².